The fourth-order valence-corrected chi connectivity index (χ4v) is 3.51. The summed E-state index contributed by atoms with van der Waals surface area (Å²) in [7, 11) is 0. The van der Waals surface area contributed by atoms with Gasteiger partial charge in [0.25, 0.3) is 0 Å². The molecule has 0 heterocycles. The Morgan fingerprint density at radius 1 is 0.786 bits per heavy atom. The molecule has 0 aromatic carbocycles. The van der Waals surface area contributed by atoms with Crippen LogP contribution in [0.15, 0.2) is 0 Å². The Balaban J connectivity index is 1.98. The van der Waals surface area contributed by atoms with Crippen LogP contribution >= 0.6 is 0 Å². The van der Waals surface area contributed by atoms with Gasteiger partial charge in [-0.05, 0) is 36.5 Å². The molecule has 0 aromatic heterocycles. The Kier molecular flexibility index (Phi) is 3.45. The van der Waals surface area contributed by atoms with Crippen LogP contribution in [0.1, 0.15) is 38.5 Å². The summed E-state index contributed by atoms with van der Waals surface area (Å²) >= 11 is 0. The van der Waals surface area contributed by atoms with Crippen LogP contribution in [0.25, 0.3) is 0 Å². The molecule has 2 rings (SSSR count). The highest BCUT2D eigenvalue weighted by Crippen LogP contribution is 2.44. The fraction of sp³-hybridized carbons (Fsp3) is 1.00. The standard InChI is InChI=1S/C12H22O2/c13-7-11-5-9-3-1-2-4-10(9)6-12(11)8-14/h9-14H,1-8H2. The van der Waals surface area contributed by atoms with E-state index in [2.05, 4.69) is 0 Å². The van der Waals surface area contributed by atoms with E-state index < -0.39 is 0 Å². The molecule has 0 bridgehead atoms. The van der Waals surface area contributed by atoms with Gasteiger partial charge >= 0.3 is 0 Å². The number of hydrogen-bond acceptors (Lipinski definition) is 2. The molecule has 0 amide bonds. The first-order valence-corrected chi connectivity index (χ1v) is 6.07. The van der Waals surface area contributed by atoms with E-state index in [1.807, 2.05) is 0 Å². The fourth-order valence-electron chi connectivity index (χ4n) is 3.51. The third kappa shape index (κ3) is 1.96. The summed E-state index contributed by atoms with van der Waals surface area (Å²) in [6.07, 6.45) is 7.80. The van der Waals surface area contributed by atoms with Crippen molar-refractivity contribution < 1.29 is 10.2 Å². The van der Waals surface area contributed by atoms with E-state index in [1.54, 1.807) is 0 Å². The lowest BCUT2D eigenvalue weighted by molar-refractivity contribution is 0.0170. The minimum Gasteiger partial charge on any atom is -0.396 e. The predicted octanol–water partition coefficient (Wildman–Crippen LogP) is 1.80. The summed E-state index contributed by atoms with van der Waals surface area (Å²) in [5.41, 5.74) is 0. The first kappa shape index (κ1) is 10.4. The van der Waals surface area contributed by atoms with Crippen LogP contribution in [0.2, 0.25) is 0 Å². The predicted molar refractivity (Wildman–Crippen MR) is 55.8 cm³/mol. The highest BCUT2D eigenvalue weighted by Gasteiger charge is 2.37. The largest absolute Gasteiger partial charge is 0.396 e. The van der Waals surface area contributed by atoms with Gasteiger partial charge < -0.3 is 10.2 Å². The van der Waals surface area contributed by atoms with Crippen molar-refractivity contribution in [3.63, 3.8) is 0 Å². The minimum atomic E-state index is 0.272. The van der Waals surface area contributed by atoms with Gasteiger partial charge in [-0.3, -0.25) is 0 Å². The van der Waals surface area contributed by atoms with Crippen molar-refractivity contribution >= 4 is 0 Å². The zero-order valence-corrected chi connectivity index (χ0v) is 8.86. The molecular weight excluding hydrogens is 176 g/mol. The Morgan fingerprint density at radius 2 is 1.21 bits per heavy atom. The van der Waals surface area contributed by atoms with E-state index in [1.165, 1.54) is 25.7 Å². The molecule has 2 heteroatoms. The third-order valence-corrected chi connectivity index (χ3v) is 4.41. The zero-order valence-electron chi connectivity index (χ0n) is 8.86. The number of aliphatic hydroxyl groups is 2. The molecular formula is C12H22O2. The van der Waals surface area contributed by atoms with Gasteiger partial charge in [0.1, 0.15) is 0 Å². The van der Waals surface area contributed by atoms with Crippen molar-refractivity contribution in [3.8, 4) is 0 Å². The SMILES string of the molecule is OCC1CC2CCCCC2CC1CO. The molecule has 2 fully saturated rings. The monoisotopic (exact) mass is 198 g/mol. The molecule has 2 aliphatic rings. The summed E-state index contributed by atoms with van der Waals surface area (Å²) < 4.78 is 0. The lowest BCUT2D eigenvalue weighted by atomic mass is 9.64. The molecule has 0 saturated heterocycles. The number of hydrogen-bond donors (Lipinski definition) is 2. The van der Waals surface area contributed by atoms with Crippen molar-refractivity contribution in [2.75, 3.05) is 13.2 Å². The number of fused-ring (bicyclic) bond motifs is 1. The Morgan fingerprint density at radius 3 is 1.57 bits per heavy atom. The first-order valence-electron chi connectivity index (χ1n) is 6.07. The van der Waals surface area contributed by atoms with Gasteiger partial charge in [-0.15, -0.1) is 0 Å². The van der Waals surface area contributed by atoms with E-state index in [4.69, 9.17) is 0 Å². The van der Waals surface area contributed by atoms with E-state index in [0.29, 0.717) is 11.8 Å². The van der Waals surface area contributed by atoms with Gasteiger partial charge in [-0.2, -0.15) is 0 Å². The van der Waals surface area contributed by atoms with Gasteiger partial charge in [0, 0.05) is 13.2 Å². The highest BCUT2D eigenvalue weighted by molar-refractivity contribution is 4.87. The van der Waals surface area contributed by atoms with Gasteiger partial charge in [0.15, 0.2) is 0 Å². The molecule has 82 valence electrons. The van der Waals surface area contributed by atoms with Gasteiger partial charge in [-0.1, -0.05) is 25.7 Å². The van der Waals surface area contributed by atoms with E-state index in [9.17, 15) is 10.2 Å². The molecule has 14 heavy (non-hydrogen) atoms. The molecule has 4 atom stereocenters. The Labute approximate surface area is 86.3 Å². The molecule has 0 spiro atoms. The van der Waals surface area contributed by atoms with Gasteiger partial charge in [0.2, 0.25) is 0 Å². The van der Waals surface area contributed by atoms with E-state index >= 15 is 0 Å². The molecule has 4 unspecified atom stereocenters. The molecule has 2 N–H and O–H groups in total. The third-order valence-electron chi connectivity index (χ3n) is 4.41. The van der Waals surface area contributed by atoms with Crippen LogP contribution in [-0.4, -0.2) is 23.4 Å². The minimum absolute atomic E-state index is 0.272. The van der Waals surface area contributed by atoms with Crippen molar-refractivity contribution in [1.29, 1.82) is 0 Å². The summed E-state index contributed by atoms with van der Waals surface area (Å²) in [5.74, 6) is 2.45. The first-order chi connectivity index (χ1) is 6.85. The normalized spacial score (nSPS) is 43.3. The molecule has 2 aliphatic carbocycles. The van der Waals surface area contributed by atoms with Crippen molar-refractivity contribution in [2.24, 2.45) is 23.7 Å². The summed E-state index contributed by atoms with van der Waals surface area (Å²) in [5, 5.41) is 18.5. The van der Waals surface area contributed by atoms with E-state index in [0.717, 1.165) is 24.7 Å². The maximum Gasteiger partial charge on any atom is 0.0462 e. The summed E-state index contributed by atoms with van der Waals surface area (Å²) in [6, 6.07) is 0. The van der Waals surface area contributed by atoms with Crippen LogP contribution in [0, 0.1) is 23.7 Å². The maximum absolute atomic E-state index is 9.27. The van der Waals surface area contributed by atoms with Crippen LogP contribution in [0.5, 0.6) is 0 Å². The second-order valence-corrected chi connectivity index (χ2v) is 5.16. The maximum atomic E-state index is 9.27. The number of aliphatic hydroxyl groups excluding tert-OH is 2. The van der Waals surface area contributed by atoms with Crippen LogP contribution in [-0.2, 0) is 0 Å². The second-order valence-electron chi connectivity index (χ2n) is 5.16. The quantitative estimate of drug-likeness (QED) is 0.710. The highest BCUT2D eigenvalue weighted by atomic mass is 16.3. The van der Waals surface area contributed by atoms with Gasteiger partial charge in [0.05, 0.1) is 0 Å². The topological polar surface area (TPSA) is 40.5 Å². The summed E-state index contributed by atoms with van der Waals surface area (Å²) in [4.78, 5) is 0. The lowest BCUT2D eigenvalue weighted by Crippen LogP contribution is -2.36. The van der Waals surface area contributed by atoms with Crippen molar-refractivity contribution in [1.82, 2.24) is 0 Å². The zero-order chi connectivity index (χ0) is 9.97. The molecule has 0 aliphatic heterocycles. The average molecular weight is 198 g/mol. The van der Waals surface area contributed by atoms with Crippen LogP contribution in [0.3, 0.4) is 0 Å². The van der Waals surface area contributed by atoms with E-state index in [-0.39, 0.29) is 13.2 Å². The average Bonchev–Trinajstić information content (AvgIpc) is 2.27. The molecule has 0 radical (unpaired) electrons. The van der Waals surface area contributed by atoms with Crippen molar-refractivity contribution in [3.05, 3.63) is 0 Å². The Hall–Kier alpha value is -0.0800. The Bertz CT molecular complexity index is 157. The van der Waals surface area contributed by atoms with Crippen molar-refractivity contribution in [2.45, 2.75) is 38.5 Å². The molecule has 2 saturated carbocycles. The van der Waals surface area contributed by atoms with Crippen LogP contribution in [0.4, 0.5) is 0 Å². The molecule has 2 nitrogen and oxygen atoms in total. The lowest BCUT2D eigenvalue weighted by Gasteiger charge is -2.42. The molecule has 0 aromatic rings. The number of rotatable bonds is 2. The summed E-state index contributed by atoms with van der Waals surface area (Å²) in [6.45, 7) is 0.545. The van der Waals surface area contributed by atoms with Crippen LogP contribution < -0.4 is 0 Å². The smallest absolute Gasteiger partial charge is 0.0462 e. The second kappa shape index (κ2) is 4.63. The van der Waals surface area contributed by atoms with Gasteiger partial charge in [-0.25, -0.2) is 0 Å².